The number of halogens is 2. The molecule has 0 bridgehead atoms. The maximum Gasteiger partial charge on any atom is 0.243 e. The minimum Gasteiger partial charge on any atom is -0.338 e. The van der Waals surface area contributed by atoms with Crippen molar-refractivity contribution in [1.29, 1.82) is 0 Å². The standard InChI is InChI=1S/C16H15ClFN3O/c17-12-5-2-6-14-15(12)20-16(22)13(19)9-21(14)11-4-1-3-10(7-11)8-18/h1-7,13H,8-9,19H2,(H,20,22)/t13-/m0/s1. The van der Waals surface area contributed by atoms with Gasteiger partial charge in [-0.25, -0.2) is 4.39 Å². The summed E-state index contributed by atoms with van der Waals surface area (Å²) in [6, 6.07) is 11.7. The van der Waals surface area contributed by atoms with Gasteiger partial charge in [-0.05, 0) is 29.8 Å². The van der Waals surface area contributed by atoms with Gasteiger partial charge in [0.1, 0.15) is 12.7 Å². The molecule has 0 aromatic heterocycles. The zero-order valence-electron chi connectivity index (χ0n) is 11.7. The van der Waals surface area contributed by atoms with Gasteiger partial charge in [0.05, 0.1) is 16.4 Å². The van der Waals surface area contributed by atoms with E-state index in [1.807, 2.05) is 17.0 Å². The van der Waals surface area contributed by atoms with Gasteiger partial charge < -0.3 is 16.0 Å². The van der Waals surface area contributed by atoms with E-state index in [-0.39, 0.29) is 12.5 Å². The number of hydrogen-bond acceptors (Lipinski definition) is 3. The van der Waals surface area contributed by atoms with Gasteiger partial charge in [0.2, 0.25) is 5.91 Å². The number of nitrogens with two attached hydrogens (primary N) is 1. The molecule has 0 spiro atoms. The third-order valence-corrected chi connectivity index (χ3v) is 3.94. The molecular formula is C16H15ClFN3O. The number of rotatable bonds is 2. The van der Waals surface area contributed by atoms with Crippen molar-refractivity contribution in [2.24, 2.45) is 5.73 Å². The Morgan fingerprint density at radius 3 is 2.86 bits per heavy atom. The SMILES string of the molecule is N[C@H]1CN(c2cccc(CF)c2)c2cccc(Cl)c2NC1=O. The van der Waals surface area contributed by atoms with Crippen LogP contribution in [0.4, 0.5) is 21.5 Å². The van der Waals surface area contributed by atoms with Gasteiger partial charge in [0.15, 0.2) is 0 Å². The van der Waals surface area contributed by atoms with E-state index in [9.17, 15) is 9.18 Å². The molecule has 0 unspecified atom stereocenters. The average molecular weight is 320 g/mol. The summed E-state index contributed by atoms with van der Waals surface area (Å²) in [5.74, 6) is -0.293. The van der Waals surface area contributed by atoms with Crippen LogP contribution in [-0.4, -0.2) is 18.5 Å². The number of benzene rings is 2. The van der Waals surface area contributed by atoms with Crippen molar-refractivity contribution in [3.8, 4) is 0 Å². The first-order valence-corrected chi connectivity index (χ1v) is 7.25. The molecule has 0 fully saturated rings. The van der Waals surface area contributed by atoms with Crippen LogP contribution in [0.15, 0.2) is 42.5 Å². The molecule has 0 radical (unpaired) electrons. The van der Waals surface area contributed by atoms with E-state index in [4.69, 9.17) is 17.3 Å². The van der Waals surface area contributed by atoms with E-state index < -0.39 is 12.7 Å². The second-order valence-corrected chi connectivity index (χ2v) is 5.55. The maximum absolute atomic E-state index is 12.9. The normalized spacial score (nSPS) is 17.7. The van der Waals surface area contributed by atoms with Gasteiger partial charge in [-0.2, -0.15) is 0 Å². The minimum atomic E-state index is -0.711. The lowest BCUT2D eigenvalue weighted by molar-refractivity contribution is -0.117. The van der Waals surface area contributed by atoms with Crippen LogP contribution in [0.2, 0.25) is 5.02 Å². The number of carbonyl (C=O) groups excluding carboxylic acids is 1. The Bertz CT molecular complexity index is 722. The summed E-state index contributed by atoms with van der Waals surface area (Å²) in [5, 5.41) is 3.19. The van der Waals surface area contributed by atoms with Crippen LogP contribution >= 0.6 is 11.6 Å². The Morgan fingerprint density at radius 2 is 2.09 bits per heavy atom. The third-order valence-electron chi connectivity index (χ3n) is 3.62. The van der Waals surface area contributed by atoms with Gasteiger partial charge in [-0.1, -0.05) is 29.8 Å². The molecule has 1 aliphatic rings. The zero-order valence-corrected chi connectivity index (χ0v) is 12.5. The molecule has 1 aliphatic heterocycles. The van der Waals surface area contributed by atoms with E-state index >= 15 is 0 Å². The van der Waals surface area contributed by atoms with Crippen LogP contribution in [0.5, 0.6) is 0 Å². The fraction of sp³-hybridized carbons (Fsp3) is 0.188. The molecule has 2 aromatic carbocycles. The lowest BCUT2D eigenvalue weighted by atomic mass is 10.1. The first-order valence-electron chi connectivity index (χ1n) is 6.87. The van der Waals surface area contributed by atoms with Crippen LogP contribution in [-0.2, 0) is 11.5 Å². The first-order chi connectivity index (χ1) is 10.6. The van der Waals surface area contributed by atoms with E-state index in [0.717, 1.165) is 11.4 Å². The number of para-hydroxylation sites is 1. The zero-order chi connectivity index (χ0) is 15.7. The summed E-state index contributed by atoms with van der Waals surface area (Å²) in [4.78, 5) is 13.9. The molecule has 0 aliphatic carbocycles. The number of anilines is 3. The number of hydrogen-bond donors (Lipinski definition) is 2. The quantitative estimate of drug-likeness (QED) is 0.893. The van der Waals surface area contributed by atoms with E-state index in [0.29, 0.717) is 16.3 Å². The highest BCUT2D eigenvalue weighted by molar-refractivity contribution is 6.34. The summed E-state index contributed by atoms with van der Waals surface area (Å²) in [7, 11) is 0. The van der Waals surface area contributed by atoms with Crippen LogP contribution in [0, 0.1) is 0 Å². The summed E-state index contributed by atoms with van der Waals surface area (Å²) in [5.41, 5.74) is 8.53. The topological polar surface area (TPSA) is 58.4 Å². The Morgan fingerprint density at radius 1 is 1.32 bits per heavy atom. The lowest BCUT2D eigenvalue weighted by Gasteiger charge is -2.26. The fourth-order valence-corrected chi connectivity index (χ4v) is 2.72. The van der Waals surface area contributed by atoms with Crippen molar-refractivity contribution < 1.29 is 9.18 Å². The largest absolute Gasteiger partial charge is 0.338 e. The highest BCUT2D eigenvalue weighted by Crippen LogP contribution is 2.38. The first kappa shape index (κ1) is 14.8. The average Bonchev–Trinajstić information content (AvgIpc) is 2.66. The van der Waals surface area contributed by atoms with Gasteiger partial charge in [-0.3, -0.25) is 4.79 Å². The molecule has 0 saturated heterocycles. The monoisotopic (exact) mass is 319 g/mol. The smallest absolute Gasteiger partial charge is 0.243 e. The Balaban J connectivity index is 2.13. The van der Waals surface area contributed by atoms with Crippen LogP contribution in [0.25, 0.3) is 0 Å². The Labute approximate surface area is 132 Å². The van der Waals surface area contributed by atoms with Gasteiger partial charge >= 0.3 is 0 Å². The minimum absolute atomic E-state index is 0.287. The number of fused-ring (bicyclic) bond motifs is 1. The predicted molar refractivity (Wildman–Crippen MR) is 86.3 cm³/mol. The van der Waals surface area contributed by atoms with Crippen molar-refractivity contribution in [3.63, 3.8) is 0 Å². The number of alkyl halides is 1. The molecule has 1 atom stereocenters. The second kappa shape index (κ2) is 5.94. The molecule has 1 amide bonds. The van der Waals surface area contributed by atoms with Crippen LogP contribution in [0.1, 0.15) is 5.56 Å². The molecule has 1 heterocycles. The predicted octanol–water partition coefficient (Wildman–Crippen LogP) is 3.23. The molecule has 3 rings (SSSR count). The van der Waals surface area contributed by atoms with Crippen molar-refractivity contribution in [3.05, 3.63) is 53.1 Å². The number of nitrogens with zero attached hydrogens (tertiary/aromatic N) is 1. The second-order valence-electron chi connectivity index (χ2n) is 5.14. The summed E-state index contributed by atoms with van der Waals surface area (Å²) in [6.07, 6.45) is 0. The van der Waals surface area contributed by atoms with E-state index in [2.05, 4.69) is 5.32 Å². The van der Waals surface area contributed by atoms with Gasteiger partial charge in [0.25, 0.3) is 0 Å². The van der Waals surface area contributed by atoms with Crippen molar-refractivity contribution in [1.82, 2.24) is 0 Å². The molecule has 114 valence electrons. The molecule has 2 aromatic rings. The molecule has 4 nitrogen and oxygen atoms in total. The Hall–Kier alpha value is -2.11. The highest BCUT2D eigenvalue weighted by Gasteiger charge is 2.27. The molecule has 0 saturated carbocycles. The summed E-state index contributed by atoms with van der Waals surface area (Å²) in [6.45, 7) is -0.262. The van der Waals surface area contributed by atoms with Gasteiger partial charge in [0, 0.05) is 12.2 Å². The van der Waals surface area contributed by atoms with E-state index in [1.54, 1.807) is 30.3 Å². The fourth-order valence-electron chi connectivity index (χ4n) is 2.51. The van der Waals surface area contributed by atoms with Crippen molar-refractivity contribution >= 4 is 34.6 Å². The van der Waals surface area contributed by atoms with Crippen LogP contribution in [0.3, 0.4) is 0 Å². The summed E-state index contributed by atoms with van der Waals surface area (Å²) < 4.78 is 12.9. The van der Waals surface area contributed by atoms with E-state index in [1.165, 1.54) is 0 Å². The van der Waals surface area contributed by atoms with Crippen LogP contribution < -0.4 is 16.0 Å². The number of nitrogens with one attached hydrogen (secondary N) is 1. The maximum atomic E-state index is 12.9. The highest BCUT2D eigenvalue weighted by atomic mass is 35.5. The lowest BCUT2D eigenvalue weighted by Crippen LogP contribution is -2.41. The van der Waals surface area contributed by atoms with Gasteiger partial charge in [-0.15, -0.1) is 0 Å². The number of amides is 1. The third kappa shape index (κ3) is 2.65. The van der Waals surface area contributed by atoms with Crippen molar-refractivity contribution in [2.75, 3.05) is 16.8 Å². The molecule has 6 heteroatoms. The molecular weight excluding hydrogens is 305 g/mol. The Kier molecular flexibility index (Phi) is 4.00. The molecule has 22 heavy (non-hydrogen) atoms. The summed E-state index contributed by atoms with van der Waals surface area (Å²) >= 11 is 6.20. The number of carbonyl (C=O) groups is 1. The van der Waals surface area contributed by atoms with Crippen molar-refractivity contribution in [2.45, 2.75) is 12.7 Å². The molecule has 3 N–H and O–H groups in total.